The first kappa shape index (κ1) is 8.43. The van der Waals surface area contributed by atoms with Crippen molar-refractivity contribution in [1.82, 2.24) is 9.55 Å². The minimum atomic E-state index is -2.68. The predicted octanol–water partition coefficient (Wildman–Crippen LogP) is 3.83. The van der Waals surface area contributed by atoms with E-state index in [4.69, 9.17) is 16.2 Å². The fourth-order valence-corrected chi connectivity index (χ4v) is 2.02. The van der Waals surface area contributed by atoms with Crippen LogP contribution in [0.1, 0.15) is 27.7 Å². The van der Waals surface area contributed by atoms with Crippen molar-refractivity contribution in [1.29, 1.82) is 5.26 Å². The van der Waals surface area contributed by atoms with Gasteiger partial charge in [0.05, 0.1) is 8.57 Å². The predicted molar refractivity (Wildman–Crippen MR) is 82.0 cm³/mol. The van der Waals surface area contributed by atoms with Crippen LogP contribution in [0.3, 0.4) is 0 Å². The molecule has 0 N–H and O–H groups in total. The zero-order valence-electron chi connectivity index (χ0n) is 19.1. The summed E-state index contributed by atoms with van der Waals surface area (Å²) < 4.78 is 64.3. The second-order valence-electron chi connectivity index (χ2n) is 4.29. The number of para-hydroxylation sites is 1. The SMILES string of the molecule is [2H]c1nc(-c2[c-]c(C#N)ccc2)n(-c2c(C([2H])([2H])[2H])cccc2C([2H])([2H])[2H])c1[2H].[Ir]. The third-order valence-corrected chi connectivity index (χ3v) is 2.95. The van der Waals surface area contributed by atoms with Gasteiger partial charge in [0, 0.05) is 46.4 Å². The molecule has 111 valence electrons. The summed E-state index contributed by atoms with van der Waals surface area (Å²) >= 11 is 0. The largest absolute Gasteiger partial charge is 0.331 e. The van der Waals surface area contributed by atoms with Crippen LogP contribution < -0.4 is 0 Å². The molecular weight excluding hydrogens is 450 g/mol. The summed E-state index contributed by atoms with van der Waals surface area (Å²) in [4.78, 5) is 4.01. The Labute approximate surface area is 154 Å². The van der Waals surface area contributed by atoms with Crippen LogP contribution in [0, 0.1) is 31.1 Å². The van der Waals surface area contributed by atoms with Crippen molar-refractivity contribution in [2.45, 2.75) is 13.7 Å². The molecule has 0 aliphatic rings. The molecule has 0 aliphatic carbocycles. The average molecular weight is 473 g/mol. The number of hydrogen-bond acceptors (Lipinski definition) is 2. The van der Waals surface area contributed by atoms with E-state index in [0.29, 0.717) is 0 Å². The van der Waals surface area contributed by atoms with Gasteiger partial charge in [-0.25, -0.2) is 5.26 Å². The van der Waals surface area contributed by atoms with Crippen LogP contribution >= 0.6 is 0 Å². The number of aromatic nitrogens is 2. The van der Waals surface area contributed by atoms with Gasteiger partial charge in [-0.15, -0.1) is 24.3 Å². The van der Waals surface area contributed by atoms with Gasteiger partial charge in [0.1, 0.15) is 0 Å². The fourth-order valence-electron chi connectivity index (χ4n) is 2.02. The van der Waals surface area contributed by atoms with Crippen molar-refractivity contribution in [3.05, 3.63) is 71.5 Å². The van der Waals surface area contributed by atoms with Crippen LogP contribution in [0.4, 0.5) is 0 Å². The van der Waals surface area contributed by atoms with E-state index in [-0.39, 0.29) is 53.9 Å². The molecule has 4 heteroatoms. The molecule has 0 atom stereocenters. The van der Waals surface area contributed by atoms with E-state index in [2.05, 4.69) is 11.1 Å². The maximum Gasteiger partial charge on any atom is 0.0848 e. The van der Waals surface area contributed by atoms with E-state index in [1.807, 2.05) is 6.07 Å². The first-order valence-corrected chi connectivity index (χ1v) is 6.08. The third kappa shape index (κ3) is 2.87. The second-order valence-corrected chi connectivity index (χ2v) is 4.29. The zero-order valence-corrected chi connectivity index (χ0v) is 13.5. The molecule has 0 bridgehead atoms. The molecule has 2 aromatic carbocycles. The summed E-state index contributed by atoms with van der Waals surface area (Å²) in [5, 5.41) is 9.13. The third-order valence-electron chi connectivity index (χ3n) is 2.95. The Kier molecular flexibility index (Phi) is 2.57. The molecule has 0 saturated heterocycles. The van der Waals surface area contributed by atoms with E-state index in [1.165, 1.54) is 30.3 Å². The summed E-state index contributed by atoms with van der Waals surface area (Å²) in [6.45, 7) is -5.35. The maximum atomic E-state index is 9.13. The fraction of sp³-hybridized carbons (Fsp3) is 0.111. The Bertz CT molecular complexity index is 1090. The van der Waals surface area contributed by atoms with Crippen molar-refractivity contribution in [3.63, 3.8) is 0 Å². The van der Waals surface area contributed by atoms with E-state index in [1.54, 1.807) is 6.07 Å². The van der Waals surface area contributed by atoms with Crippen LogP contribution in [0.2, 0.25) is 0 Å². The molecule has 1 radical (unpaired) electrons. The molecule has 3 nitrogen and oxygen atoms in total. The van der Waals surface area contributed by atoms with Gasteiger partial charge in [-0.05, 0) is 30.9 Å². The first-order valence-electron chi connectivity index (χ1n) is 10.1. The van der Waals surface area contributed by atoms with Gasteiger partial charge in [0.2, 0.25) is 0 Å². The maximum absolute atomic E-state index is 9.13. The topological polar surface area (TPSA) is 41.6 Å². The number of nitrogens with zero attached hydrogens (tertiary/aromatic N) is 3. The monoisotopic (exact) mass is 473 g/mol. The van der Waals surface area contributed by atoms with Gasteiger partial charge in [-0.2, -0.15) is 0 Å². The second kappa shape index (κ2) is 6.70. The van der Waals surface area contributed by atoms with Crippen LogP contribution in [-0.2, 0) is 20.1 Å². The molecule has 1 heterocycles. The van der Waals surface area contributed by atoms with Crippen LogP contribution in [-0.4, -0.2) is 9.55 Å². The van der Waals surface area contributed by atoms with Crippen LogP contribution in [0.25, 0.3) is 17.1 Å². The standard InChI is InChI=1S/C18H14N3.Ir/c1-13-5-3-6-14(2)17(13)21-10-9-20-18(21)16-8-4-7-15(11-16)12-19;/h3-10H,1-2H3;/q-1;/i1D3,2D3,9D,10D;. The number of benzene rings is 2. The quantitative estimate of drug-likeness (QED) is 0.532. The van der Waals surface area contributed by atoms with Crippen molar-refractivity contribution in [2.24, 2.45) is 0 Å². The normalized spacial score (nSPS) is 16.3. The van der Waals surface area contributed by atoms with Crippen LogP contribution in [0.15, 0.2) is 48.7 Å². The van der Waals surface area contributed by atoms with Gasteiger partial charge in [0.25, 0.3) is 0 Å². The minimum Gasteiger partial charge on any atom is -0.331 e. The molecule has 0 fully saturated rings. The molecular formula is C18H14IrN3-. The summed E-state index contributed by atoms with van der Waals surface area (Å²) in [5.74, 6) is -0.0423. The van der Waals surface area contributed by atoms with Crippen LogP contribution in [0.5, 0.6) is 0 Å². The Balaban J connectivity index is 0.00000320. The smallest absolute Gasteiger partial charge is 0.0848 e. The zero-order chi connectivity index (χ0) is 21.6. The van der Waals surface area contributed by atoms with Crippen molar-refractivity contribution in [2.75, 3.05) is 0 Å². The van der Waals surface area contributed by atoms with E-state index >= 15 is 0 Å². The number of aryl methyl sites for hydroxylation is 2. The summed E-state index contributed by atoms with van der Waals surface area (Å²) in [6.07, 6.45) is -0.939. The van der Waals surface area contributed by atoms with E-state index in [9.17, 15) is 0 Å². The van der Waals surface area contributed by atoms with Gasteiger partial charge in [0.15, 0.2) is 0 Å². The molecule has 3 rings (SSSR count). The van der Waals surface area contributed by atoms with Gasteiger partial charge in [-0.3, -0.25) is 4.98 Å². The van der Waals surface area contributed by atoms with E-state index < -0.39 is 26.0 Å². The first-order chi connectivity index (χ1) is 13.4. The van der Waals surface area contributed by atoms with Gasteiger partial charge >= 0.3 is 0 Å². The molecule has 0 unspecified atom stereocenters. The molecule has 0 aliphatic heterocycles. The number of imidazole rings is 1. The number of hydrogen-bond donors (Lipinski definition) is 0. The van der Waals surface area contributed by atoms with Crippen molar-refractivity contribution < 1.29 is 31.1 Å². The Morgan fingerprint density at radius 3 is 2.64 bits per heavy atom. The van der Waals surface area contributed by atoms with Gasteiger partial charge in [-0.1, -0.05) is 29.3 Å². The Hall–Kier alpha value is -2.21. The Morgan fingerprint density at radius 2 is 1.95 bits per heavy atom. The number of rotatable bonds is 2. The summed E-state index contributed by atoms with van der Waals surface area (Å²) in [6, 6.07) is 13.2. The molecule has 0 spiro atoms. The molecule has 3 aromatic rings. The van der Waals surface area contributed by atoms with Crippen molar-refractivity contribution in [3.8, 4) is 23.1 Å². The molecule has 0 amide bonds. The molecule has 1 aromatic heterocycles. The van der Waals surface area contributed by atoms with Crippen molar-refractivity contribution >= 4 is 0 Å². The van der Waals surface area contributed by atoms with Gasteiger partial charge < -0.3 is 4.57 Å². The molecule has 0 saturated carbocycles. The summed E-state index contributed by atoms with van der Waals surface area (Å²) in [7, 11) is 0. The van der Waals surface area contributed by atoms with E-state index in [0.717, 1.165) is 4.57 Å². The Morgan fingerprint density at radius 1 is 1.23 bits per heavy atom. The average Bonchev–Trinajstić information content (AvgIpc) is 2.94. The molecule has 22 heavy (non-hydrogen) atoms. The minimum absolute atomic E-state index is 0. The number of nitriles is 1. The summed E-state index contributed by atoms with van der Waals surface area (Å²) in [5.41, 5.74) is -0.401.